The molecule has 0 bridgehead atoms. The number of carbonyl (C=O) groups excluding carboxylic acids is 1. The average Bonchev–Trinajstić information content (AvgIpc) is 2.82. The first-order chi connectivity index (χ1) is 11.7. The SMILES string of the molecule is CN1CCCN(C(=O)Nc2ccccc2Oc2cccnc2)CC1. The van der Waals surface area contributed by atoms with Crippen LogP contribution in [0.1, 0.15) is 6.42 Å². The largest absolute Gasteiger partial charge is 0.454 e. The van der Waals surface area contributed by atoms with Crippen molar-refractivity contribution in [2.45, 2.75) is 6.42 Å². The van der Waals surface area contributed by atoms with Gasteiger partial charge in [-0.15, -0.1) is 0 Å². The Morgan fingerprint density at radius 1 is 1.12 bits per heavy atom. The van der Waals surface area contributed by atoms with E-state index in [4.69, 9.17) is 4.74 Å². The highest BCUT2D eigenvalue weighted by atomic mass is 16.5. The number of aromatic nitrogens is 1. The fourth-order valence-electron chi connectivity index (χ4n) is 2.64. The zero-order valence-corrected chi connectivity index (χ0v) is 13.8. The van der Waals surface area contributed by atoms with Gasteiger partial charge in [-0.2, -0.15) is 0 Å². The van der Waals surface area contributed by atoms with Crippen LogP contribution in [0.4, 0.5) is 10.5 Å². The molecule has 1 aromatic heterocycles. The van der Waals surface area contributed by atoms with Crippen LogP contribution in [0.2, 0.25) is 0 Å². The normalized spacial score (nSPS) is 15.6. The molecule has 1 aromatic carbocycles. The molecule has 126 valence electrons. The summed E-state index contributed by atoms with van der Waals surface area (Å²) in [6.07, 6.45) is 4.32. The third-order valence-corrected chi connectivity index (χ3v) is 4.00. The van der Waals surface area contributed by atoms with Crippen molar-refractivity contribution in [3.63, 3.8) is 0 Å². The number of nitrogens with zero attached hydrogens (tertiary/aromatic N) is 3. The van der Waals surface area contributed by atoms with E-state index in [1.54, 1.807) is 12.4 Å². The zero-order chi connectivity index (χ0) is 16.8. The van der Waals surface area contributed by atoms with Crippen molar-refractivity contribution in [1.82, 2.24) is 14.8 Å². The molecule has 0 radical (unpaired) electrons. The van der Waals surface area contributed by atoms with E-state index in [9.17, 15) is 4.79 Å². The highest BCUT2D eigenvalue weighted by Gasteiger charge is 2.18. The molecule has 1 aliphatic rings. The molecule has 6 nitrogen and oxygen atoms in total. The van der Waals surface area contributed by atoms with Gasteiger partial charge in [0.15, 0.2) is 5.75 Å². The van der Waals surface area contributed by atoms with Crippen LogP contribution in [-0.2, 0) is 0 Å². The summed E-state index contributed by atoms with van der Waals surface area (Å²) in [6.45, 7) is 3.40. The first kappa shape index (κ1) is 16.3. The van der Waals surface area contributed by atoms with Crippen LogP contribution in [0.5, 0.6) is 11.5 Å². The molecule has 1 N–H and O–H groups in total. The van der Waals surface area contributed by atoms with E-state index in [1.165, 1.54) is 0 Å². The van der Waals surface area contributed by atoms with Gasteiger partial charge in [-0.05, 0) is 44.3 Å². The van der Waals surface area contributed by atoms with Gasteiger partial charge in [0.1, 0.15) is 5.75 Å². The molecule has 0 atom stereocenters. The minimum absolute atomic E-state index is 0.0902. The zero-order valence-electron chi connectivity index (χ0n) is 13.8. The molecule has 6 heteroatoms. The van der Waals surface area contributed by atoms with Crippen LogP contribution < -0.4 is 10.1 Å². The number of benzene rings is 1. The van der Waals surface area contributed by atoms with Crippen LogP contribution in [0.3, 0.4) is 0 Å². The first-order valence-electron chi connectivity index (χ1n) is 8.14. The molecule has 0 saturated carbocycles. The van der Waals surface area contributed by atoms with Gasteiger partial charge < -0.3 is 19.9 Å². The maximum atomic E-state index is 12.6. The number of urea groups is 1. The van der Waals surface area contributed by atoms with E-state index < -0.39 is 0 Å². The lowest BCUT2D eigenvalue weighted by atomic mass is 10.3. The number of hydrogen-bond donors (Lipinski definition) is 1. The van der Waals surface area contributed by atoms with Crippen molar-refractivity contribution in [2.24, 2.45) is 0 Å². The van der Waals surface area contributed by atoms with Crippen LogP contribution >= 0.6 is 0 Å². The smallest absolute Gasteiger partial charge is 0.321 e. The fraction of sp³-hybridized carbons (Fsp3) is 0.333. The predicted octanol–water partition coefficient (Wildman–Crippen LogP) is 3.04. The minimum atomic E-state index is -0.0902. The van der Waals surface area contributed by atoms with Crippen molar-refractivity contribution >= 4 is 11.7 Å². The standard InChI is InChI=1S/C18H22N4O2/c1-21-10-5-11-22(13-12-21)18(23)20-16-7-2-3-8-17(16)24-15-6-4-9-19-14-15/h2-4,6-9,14H,5,10-13H2,1H3,(H,20,23). The predicted molar refractivity (Wildman–Crippen MR) is 93.5 cm³/mol. The maximum absolute atomic E-state index is 12.6. The van der Waals surface area contributed by atoms with Crippen molar-refractivity contribution in [3.05, 3.63) is 48.8 Å². The molecule has 1 fully saturated rings. The summed E-state index contributed by atoms with van der Waals surface area (Å²) in [4.78, 5) is 20.7. The minimum Gasteiger partial charge on any atom is -0.454 e. The van der Waals surface area contributed by atoms with Gasteiger partial charge in [0, 0.05) is 25.8 Å². The number of ether oxygens (including phenoxy) is 1. The Morgan fingerprint density at radius 3 is 2.83 bits per heavy atom. The van der Waals surface area contributed by atoms with Crippen LogP contribution in [0.15, 0.2) is 48.8 Å². The third kappa shape index (κ3) is 4.23. The number of amides is 2. The lowest BCUT2D eigenvalue weighted by Crippen LogP contribution is -2.37. The van der Waals surface area contributed by atoms with E-state index in [0.29, 0.717) is 17.2 Å². The Balaban J connectivity index is 1.69. The van der Waals surface area contributed by atoms with E-state index in [0.717, 1.165) is 32.6 Å². The van der Waals surface area contributed by atoms with Gasteiger partial charge in [0.25, 0.3) is 0 Å². The molecular weight excluding hydrogens is 304 g/mol. The summed E-state index contributed by atoms with van der Waals surface area (Å²) in [5.74, 6) is 1.24. The molecule has 1 saturated heterocycles. The fourth-order valence-corrected chi connectivity index (χ4v) is 2.64. The van der Waals surface area contributed by atoms with E-state index in [2.05, 4.69) is 22.2 Å². The van der Waals surface area contributed by atoms with Crippen LogP contribution in [0, 0.1) is 0 Å². The summed E-state index contributed by atoms with van der Waals surface area (Å²) in [6, 6.07) is 11.0. The summed E-state index contributed by atoms with van der Waals surface area (Å²) in [5, 5.41) is 2.97. The Morgan fingerprint density at radius 2 is 2.00 bits per heavy atom. The Bertz CT molecular complexity index is 678. The van der Waals surface area contributed by atoms with Gasteiger partial charge in [0.2, 0.25) is 0 Å². The summed E-state index contributed by atoms with van der Waals surface area (Å²) < 4.78 is 5.84. The van der Waals surface area contributed by atoms with E-state index >= 15 is 0 Å². The molecule has 2 heterocycles. The summed E-state index contributed by atoms with van der Waals surface area (Å²) in [7, 11) is 2.08. The summed E-state index contributed by atoms with van der Waals surface area (Å²) in [5.41, 5.74) is 0.656. The number of pyridine rings is 1. The number of anilines is 1. The van der Waals surface area contributed by atoms with Gasteiger partial charge in [0.05, 0.1) is 11.9 Å². The molecule has 0 aliphatic carbocycles. The topological polar surface area (TPSA) is 57.7 Å². The highest BCUT2D eigenvalue weighted by molar-refractivity contribution is 5.91. The Kier molecular flexibility index (Phi) is 5.28. The second-order valence-corrected chi connectivity index (χ2v) is 5.86. The molecule has 0 unspecified atom stereocenters. The molecule has 24 heavy (non-hydrogen) atoms. The monoisotopic (exact) mass is 326 g/mol. The molecule has 2 aromatic rings. The van der Waals surface area contributed by atoms with Crippen LogP contribution in [-0.4, -0.2) is 54.0 Å². The maximum Gasteiger partial charge on any atom is 0.321 e. The third-order valence-electron chi connectivity index (χ3n) is 4.00. The van der Waals surface area contributed by atoms with E-state index in [1.807, 2.05) is 41.3 Å². The summed E-state index contributed by atoms with van der Waals surface area (Å²) >= 11 is 0. The van der Waals surface area contributed by atoms with Crippen molar-refractivity contribution < 1.29 is 9.53 Å². The second-order valence-electron chi connectivity index (χ2n) is 5.86. The Labute approximate surface area is 142 Å². The number of rotatable bonds is 3. The van der Waals surface area contributed by atoms with Crippen molar-refractivity contribution in [1.29, 1.82) is 0 Å². The average molecular weight is 326 g/mol. The molecule has 1 aliphatic heterocycles. The number of likely N-dealkylation sites (N-methyl/N-ethyl adjacent to an activating group) is 1. The van der Waals surface area contributed by atoms with Crippen molar-refractivity contribution in [2.75, 3.05) is 38.5 Å². The number of para-hydroxylation sites is 2. The molecular formula is C18H22N4O2. The first-order valence-corrected chi connectivity index (χ1v) is 8.14. The van der Waals surface area contributed by atoms with Gasteiger partial charge in [-0.25, -0.2) is 4.79 Å². The van der Waals surface area contributed by atoms with Gasteiger partial charge in [-0.3, -0.25) is 4.98 Å². The lowest BCUT2D eigenvalue weighted by molar-refractivity contribution is 0.213. The highest BCUT2D eigenvalue weighted by Crippen LogP contribution is 2.29. The number of hydrogen-bond acceptors (Lipinski definition) is 4. The van der Waals surface area contributed by atoms with Gasteiger partial charge >= 0.3 is 6.03 Å². The van der Waals surface area contributed by atoms with Crippen LogP contribution in [0.25, 0.3) is 0 Å². The quantitative estimate of drug-likeness (QED) is 0.942. The number of carbonyl (C=O) groups is 1. The molecule has 2 amide bonds. The van der Waals surface area contributed by atoms with E-state index in [-0.39, 0.29) is 6.03 Å². The van der Waals surface area contributed by atoms with Gasteiger partial charge in [-0.1, -0.05) is 12.1 Å². The lowest BCUT2D eigenvalue weighted by Gasteiger charge is -2.22. The van der Waals surface area contributed by atoms with Crippen molar-refractivity contribution in [3.8, 4) is 11.5 Å². The number of nitrogens with one attached hydrogen (secondary N) is 1. The second kappa shape index (κ2) is 7.79. The molecule has 3 rings (SSSR count). The molecule has 0 spiro atoms. The Hall–Kier alpha value is -2.60.